The first-order chi connectivity index (χ1) is 8.81. The van der Waals surface area contributed by atoms with Gasteiger partial charge in [-0.15, -0.1) is 0 Å². The molecule has 1 aromatic carbocycles. The van der Waals surface area contributed by atoms with E-state index in [-0.39, 0.29) is 0 Å². The number of aryl methyl sites for hydroxylation is 1. The number of hydrogen-bond donors (Lipinski definition) is 2. The van der Waals surface area contributed by atoms with Gasteiger partial charge < -0.3 is 10.3 Å². The van der Waals surface area contributed by atoms with Crippen LogP contribution in [0.5, 0.6) is 0 Å². The molecule has 2 N–H and O–H groups in total. The lowest BCUT2D eigenvalue weighted by Crippen LogP contribution is -2.03. The first-order valence-corrected chi connectivity index (χ1v) is 5.92. The highest BCUT2D eigenvalue weighted by Gasteiger charge is 2.01. The van der Waals surface area contributed by atoms with E-state index in [0.29, 0.717) is 6.54 Å². The van der Waals surface area contributed by atoms with Crippen molar-refractivity contribution < 1.29 is 0 Å². The van der Waals surface area contributed by atoms with E-state index in [9.17, 15) is 0 Å². The minimum Gasteiger partial charge on any atom is -0.350 e. The fourth-order valence-corrected chi connectivity index (χ4v) is 1.91. The lowest BCUT2D eigenvalue weighted by atomic mass is 10.3. The zero-order valence-corrected chi connectivity index (χ0v) is 10.1. The smallest absolute Gasteiger partial charge is 0.201 e. The lowest BCUT2D eigenvalue weighted by molar-refractivity contribution is 0.998. The number of hydrogen-bond acceptors (Lipinski definition) is 3. The Hall–Kier alpha value is -2.36. The number of para-hydroxylation sites is 2. The molecular weight excluding hydrogens is 224 g/mol. The van der Waals surface area contributed by atoms with E-state index in [1.807, 2.05) is 49.4 Å². The number of fused-ring (bicyclic) bond motifs is 1. The third-order valence-corrected chi connectivity index (χ3v) is 2.77. The van der Waals surface area contributed by atoms with Crippen molar-refractivity contribution in [3.63, 3.8) is 0 Å². The van der Waals surface area contributed by atoms with Crippen molar-refractivity contribution >= 4 is 17.0 Å². The van der Waals surface area contributed by atoms with Crippen LogP contribution in [0.3, 0.4) is 0 Å². The van der Waals surface area contributed by atoms with E-state index in [1.54, 1.807) is 0 Å². The Morgan fingerprint density at radius 1 is 1.06 bits per heavy atom. The maximum atomic E-state index is 4.46. The van der Waals surface area contributed by atoms with Gasteiger partial charge >= 0.3 is 0 Å². The van der Waals surface area contributed by atoms with Crippen LogP contribution in [0.4, 0.5) is 5.95 Å². The van der Waals surface area contributed by atoms with Gasteiger partial charge in [0.25, 0.3) is 0 Å². The van der Waals surface area contributed by atoms with Gasteiger partial charge in [0.05, 0.1) is 23.3 Å². The average Bonchev–Trinajstić information content (AvgIpc) is 2.79. The predicted molar refractivity (Wildman–Crippen MR) is 72.4 cm³/mol. The standard InChI is InChI=1S/C14H14N4/c1-10-5-4-6-11(16-10)9-15-14-17-12-7-2-3-8-13(12)18-14/h2-8H,9H2,1H3,(H2,15,17,18). The van der Waals surface area contributed by atoms with Crippen LogP contribution in [0.25, 0.3) is 11.0 Å². The quantitative estimate of drug-likeness (QED) is 0.737. The van der Waals surface area contributed by atoms with Crippen LogP contribution in [0.15, 0.2) is 42.5 Å². The normalized spacial score (nSPS) is 10.7. The van der Waals surface area contributed by atoms with Crippen molar-refractivity contribution in [3.8, 4) is 0 Å². The highest BCUT2D eigenvalue weighted by atomic mass is 15.1. The summed E-state index contributed by atoms with van der Waals surface area (Å²) < 4.78 is 0. The summed E-state index contributed by atoms with van der Waals surface area (Å²) in [4.78, 5) is 12.1. The van der Waals surface area contributed by atoms with Gasteiger partial charge in [-0.2, -0.15) is 0 Å². The van der Waals surface area contributed by atoms with Crippen molar-refractivity contribution in [1.29, 1.82) is 0 Å². The number of rotatable bonds is 3. The maximum absolute atomic E-state index is 4.46. The molecule has 90 valence electrons. The molecule has 2 heterocycles. The molecule has 0 spiro atoms. The summed E-state index contributed by atoms with van der Waals surface area (Å²) in [7, 11) is 0. The zero-order valence-electron chi connectivity index (χ0n) is 10.1. The van der Waals surface area contributed by atoms with Gasteiger partial charge in [-0.25, -0.2) is 4.98 Å². The molecule has 0 saturated heterocycles. The number of benzene rings is 1. The van der Waals surface area contributed by atoms with Crippen LogP contribution in [-0.2, 0) is 6.54 Å². The Balaban J connectivity index is 1.76. The average molecular weight is 238 g/mol. The van der Waals surface area contributed by atoms with Gasteiger partial charge in [0.15, 0.2) is 0 Å². The molecule has 0 unspecified atom stereocenters. The largest absolute Gasteiger partial charge is 0.350 e. The lowest BCUT2D eigenvalue weighted by Gasteiger charge is -2.02. The summed E-state index contributed by atoms with van der Waals surface area (Å²) in [6.07, 6.45) is 0. The highest BCUT2D eigenvalue weighted by molar-refractivity contribution is 5.77. The first-order valence-electron chi connectivity index (χ1n) is 5.92. The zero-order chi connectivity index (χ0) is 12.4. The fraction of sp³-hybridized carbons (Fsp3) is 0.143. The Kier molecular flexibility index (Phi) is 2.68. The van der Waals surface area contributed by atoms with Crippen LogP contribution in [0.1, 0.15) is 11.4 Å². The molecule has 4 heteroatoms. The maximum Gasteiger partial charge on any atom is 0.201 e. The summed E-state index contributed by atoms with van der Waals surface area (Å²) in [6.45, 7) is 2.66. The minimum atomic E-state index is 0.668. The molecule has 0 aliphatic carbocycles. The monoisotopic (exact) mass is 238 g/mol. The van der Waals surface area contributed by atoms with E-state index in [0.717, 1.165) is 28.4 Å². The fourth-order valence-electron chi connectivity index (χ4n) is 1.91. The second-order valence-electron chi connectivity index (χ2n) is 4.23. The van der Waals surface area contributed by atoms with Gasteiger partial charge in [0.1, 0.15) is 0 Å². The first kappa shape index (κ1) is 10.8. The van der Waals surface area contributed by atoms with Gasteiger partial charge in [0, 0.05) is 5.69 Å². The van der Waals surface area contributed by atoms with Crippen LogP contribution in [-0.4, -0.2) is 15.0 Å². The van der Waals surface area contributed by atoms with E-state index in [4.69, 9.17) is 0 Å². The van der Waals surface area contributed by atoms with E-state index < -0.39 is 0 Å². The predicted octanol–water partition coefficient (Wildman–Crippen LogP) is 2.88. The van der Waals surface area contributed by atoms with Gasteiger partial charge in [-0.1, -0.05) is 18.2 Å². The van der Waals surface area contributed by atoms with Crippen LogP contribution in [0, 0.1) is 6.92 Å². The number of nitrogens with zero attached hydrogens (tertiary/aromatic N) is 2. The third-order valence-electron chi connectivity index (χ3n) is 2.77. The molecule has 0 fully saturated rings. The molecule has 0 saturated carbocycles. The molecule has 2 aromatic heterocycles. The third kappa shape index (κ3) is 2.18. The van der Waals surface area contributed by atoms with Crippen molar-refractivity contribution in [2.24, 2.45) is 0 Å². The van der Waals surface area contributed by atoms with Crippen LogP contribution >= 0.6 is 0 Å². The number of nitrogens with one attached hydrogen (secondary N) is 2. The number of imidazole rings is 1. The summed E-state index contributed by atoms with van der Waals surface area (Å²) in [5, 5.41) is 3.25. The van der Waals surface area contributed by atoms with Gasteiger partial charge in [-0.3, -0.25) is 4.98 Å². The molecule has 0 aliphatic rings. The molecule has 0 aliphatic heterocycles. The summed E-state index contributed by atoms with van der Waals surface area (Å²) in [6, 6.07) is 14.0. The van der Waals surface area contributed by atoms with Crippen molar-refractivity contribution in [2.75, 3.05) is 5.32 Å². The number of H-pyrrole nitrogens is 1. The Morgan fingerprint density at radius 2 is 1.94 bits per heavy atom. The molecule has 0 radical (unpaired) electrons. The summed E-state index contributed by atoms with van der Waals surface area (Å²) in [5.41, 5.74) is 4.05. The van der Waals surface area contributed by atoms with Crippen molar-refractivity contribution in [3.05, 3.63) is 53.9 Å². The number of aromatic nitrogens is 3. The molecule has 0 atom stereocenters. The van der Waals surface area contributed by atoms with Crippen molar-refractivity contribution in [1.82, 2.24) is 15.0 Å². The SMILES string of the molecule is Cc1cccc(CNc2nc3ccccc3[nH]2)n1. The minimum absolute atomic E-state index is 0.668. The van der Waals surface area contributed by atoms with Crippen LogP contribution in [0.2, 0.25) is 0 Å². The van der Waals surface area contributed by atoms with Crippen molar-refractivity contribution in [2.45, 2.75) is 13.5 Å². The molecule has 18 heavy (non-hydrogen) atoms. The molecule has 3 aromatic rings. The highest BCUT2D eigenvalue weighted by Crippen LogP contribution is 2.13. The van der Waals surface area contributed by atoms with E-state index in [1.165, 1.54) is 0 Å². The van der Waals surface area contributed by atoms with E-state index >= 15 is 0 Å². The number of anilines is 1. The summed E-state index contributed by atoms with van der Waals surface area (Å²) >= 11 is 0. The topological polar surface area (TPSA) is 53.6 Å². The Labute approximate surface area is 105 Å². The second kappa shape index (κ2) is 4.49. The van der Waals surface area contributed by atoms with Crippen LogP contribution < -0.4 is 5.32 Å². The Morgan fingerprint density at radius 3 is 2.78 bits per heavy atom. The second-order valence-corrected chi connectivity index (χ2v) is 4.23. The molecule has 4 nitrogen and oxygen atoms in total. The van der Waals surface area contributed by atoms with Gasteiger partial charge in [0.2, 0.25) is 5.95 Å². The molecule has 0 amide bonds. The molecule has 3 rings (SSSR count). The summed E-state index contributed by atoms with van der Waals surface area (Å²) in [5.74, 6) is 0.777. The molecular formula is C14H14N4. The van der Waals surface area contributed by atoms with E-state index in [2.05, 4.69) is 20.3 Å². The Bertz CT molecular complexity index is 639. The number of pyridine rings is 1. The van der Waals surface area contributed by atoms with Gasteiger partial charge in [-0.05, 0) is 31.2 Å². The molecule has 0 bridgehead atoms. The number of aromatic amines is 1.